The number of anilines is 3. The molecule has 0 fully saturated rings. The van der Waals surface area contributed by atoms with E-state index in [1.165, 1.54) is 68.8 Å². The van der Waals surface area contributed by atoms with Gasteiger partial charge >= 0.3 is 0 Å². The third-order valence-electron chi connectivity index (χ3n) is 6.11. The zero-order valence-corrected chi connectivity index (χ0v) is 25.3. The average molecular weight is 630 g/mol. The molecule has 0 heterocycles. The molecule has 0 atom stereocenters. The summed E-state index contributed by atoms with van der Waals surface area (Å²) in [6.07, 6.45) is 0. The number of amides is 1. The van der Waals surface area contributed by atoms with E-state index in [1.54, 1.807) is 36.4 Å². The van der Waals surface area contributed by atoms with E-state index in [2.05, 4.69) is 10.0 Å². The number of nitrogens with zero attached hydrogens (tertiary/aromatic N) is 1. The Hall–Kier alpha value is -4.26. The third-order valence-corrected chi connectivity index (χ3v) is 9.53. The fraction of sp³-hybridized carbons (Fsp3) is 0.138. The summed E-state index contributed by atoms with van der Waals surface area (Å²) in [6.45, 7) is 1.33. The van der Waals surface area contributed by atoms with Gasteiger partial charge in [0.25, 0.3) is 20.0 Å². The second-order valence-corrected chi connectivity index (χ2v) is 13.0. The fourth-order valence-electron chi connectivity index (χ4n) is 3.89. The number of aryl methyl sites for hydroxylation is 1. The Labute approximate surface area is 250 Å². The number of hydrogen-bond donors (Lipinski definition) is 2. The van der Waals surface area contributed by atoms with Gasteiger partial charge in [-0.05, 0) is 79.7 Å². The van der Waals surface area contributed by atoms with E-state index < -0.39 is 32.5 Å². The molecule has 0 saturated carbocycles. The topological polar surface area (TPSA) is 131 Å². The summed E-state index contributed by atoms with van der Waals surface area (Å²) in [6, 6.07) is 22.4. The van der Waals surface area contributed by atoms with Crippen molar-refractivity contribution in [2.45, 2.75) is 16.7 Å². The van der Waals surface area contributed by atoms with Crippen molar-refractivity contribution in [2.24, 2.45) is 0 Å². The zero-order valence-electron chi connectivity index (χ0n) is 22.9. The first-order chi connectivity index (χ1) is 19.9. The molecule has 0 aromatic heterocycles. The first kappa shape index (κ1) is 30.7. The quantitative estimate of drug-likeness (QED) is 0.230. The monoisotopic (exact) mass is 629 g/mol. The number of methoxy groups -OCH3 is 2. The molecule has 0 aliphatic heterocycles. The van der Waals surface area contributed by atoms with Crippen LogP contribution in [-0.4, -0.2) is 43.5 Å². The summed E-state index contributed by atoms with van der Waals surface area (Å²) < 4.78 is 66.9. The lowest BCUT2D eigenvalue weighted by atomic mass is 10.2. The van der Waals surface area contributed by atoms with Crippen LogP contribution in [0.1, 0.15) is 5.56 Å². The smallest absolute Gasteiger partial charge is 0.264 e. The Bertz CT molecular complexity index is 1780. The number of sulfonamides is 2. The number of carbonyl (C=O) groups excluding carboxylic acids is 1. The highest BCUT2D eigenvalue weighted by Gasteiger charge is 2.27. The van der Waals surface area contributed by atoms with Crippen LogP contribution in [0.5, 0.6) is 11.5 Å². The molecule has 1 amide bonds. The van der Waals surface area contributed by atoms with Gasteiger partial charge in [-0.25, -0.2) is 16.8 Å². The molecule has 10 nitrogen and oxygen atoms in total. The van der Waals surface area contributed by atoms with Gasteiger partial charge in [-0.15, -0.1) is 0 Å². The van der Waals surface area contributed by atoms with Crippen molar-refractivity contribution in [3.8, 4) is 11.5 Å². The maximum Gasteiger partial charge on any atom is 0.264 e. The Morgan fingerprint density at radius 3 is 2.02 bits per heavy atom. The van der Waals surface area contributed by atoms with Crippen molar-refractivity contribution in [2.75, 3.05) is 35.1 Å². The highest BCUT2D eigenvalue weighted by Crippen LogP contribution is 2.31. The van der Waals surface area contributed by atoms with Crippen molar-refractivity contribution in [3.63, 3.8) is 0 Å². The summed E-state index contributed by atoms with van der Waals surface area (Å²) in [7, 11) is -5.24. The number of hydrogen-bond acceptors (Lipinski definition) is 7. The number of carbonyl (C=O) groups is 1. The van der Waals surface area contributed by atoms with Crippen LogP contribution in [0.4, 0.5) is 17.1 Å². The summed E-state index contributed by atoms with van der Waals surface area (Å²) in [4.78, 5) is 13.0. The summed E-state index contributed by atoms with van der Waals surface area (Å²) >= 11 is 5.93. The Balaban J connectivity index is 1.52. The van der Waals surface area contributed by atoms with Crippen molar-refractivity contribution < 1.29 is 31.1 Å². The second kappa shape index (κ2) is 12.7. The van der Waals surface area contributed by atoms with Gasteiger partial charge in [0.15, 0.2) is 0 Å². The number of benzene rings is 4. The van der Waals surface area contributed by atoms with Crippen LogP contribution in [0.15, 0.2) is 101 Å². The summed E-state index contributed by atoms with van der Waals surface area (Å²) in [5.74, 6) is 0.134. The molecule has 0 aliphatic carbocycles. The van der Waals surface area contributed by atoms with Gasteiger partial charge in [0.1, 0.15) is 18.0 Å². The maximum atomic E-state index is 13.5. The van der Waals surface area contributed by atoms with E-state index in [4.69, 9.17) is 21.1 Å². The van der Waals surface area contributed by atoms with Gasteiger partial charge in [0.2, 0.25) is 5.91 Å². The molecule has 0 bridgehead atoms. The Morgan fingerprint density at radius 2 is 1.43 bits per heavy atom. The van der Waals surface area contributed by atoms with Crippen molar-refractivity contribution in [1.82, 2.24) is 0 Å². The van der Waals surface area contributed by atoms with Crippen LogP contribution in [0.2, 0.25) is 5.02 Å². The summed E-state index contributed by atoms with van der Waals surface area (Å²) in [5, 5.41) is 3.00. The molecule has 13 heteroatoms. The first-order valence-corrected chi connectivity index (χ1v) is 15.7. The van der Waals surface area contributed by atoms with Gasteiger partial charge in [0, 0.05) is 16.8 Å². The molecule has 220 valence electrons. The Kier molecular flexibility index (Phi) is 9.30. The molecule has 42 heavy (non-hydrogen) atoms. The SMILES string of the molecule is COc1ccc(NS(=O)(=O)c2ccc(NC(=O)CN(c3ccc(C)cc3)S(=O)(=O)c3ccc(Cl)cc3)cc2)c(OC)c1. The normalized spacial score (nSPS) is 11.4. The number of nitrogens with one attached hydrogen (secondary N) is 2. The Morgan fingerprint density at radius 1 is 0.810 bits per heavy atom. The highest BCUT2D eigenvalue weighted by atomic mass is 35.5. The van der Waals surface area contributed by atoms with E-state index in [-0.39, 0.29) is 26.9 Å². The molecule has 0 radical (unpaired) electrons. The minimum Gasteiger partial charge on any atom is -0.497 e. The number of rotatable bonds is 11. The standard InChI is InChI=1S/C29H28ClN3O7S2/c1-20-4-10-23(11-5-20)33(42(37,38)26-13-6-21(30)7-14-26)19-29(34)31-22-8-15-25(16-9-22)41(35,36)32-27-17-12-24(39-2)18-28(27)40-3/h4-18,32H,19H2,1-3H3,(H,31,34). The molecule has 4 rings (SSSR count). The lowest BCUT2D eigenvalue weighted by Gasteiger charge is -2.24. The zero-order chi connectivity index (χ0) is 30.5. The van der Waals surface area contributed by atoms with E-state index in [1.807, 2.05) is 6.92 Å². The van der Waals surface area contributed by atoms with Gasteiger partial charge in [-0.2, -0.15) is 0 Å². The van der Waals surface area contributed by atoms with Gasteiger partial charge in [-0.1, -0.05) is 29.3 Å². The van der Waals surface area contributed by atoms with E-state index in [9.17, 15) is 21.6 Å². The highest BCUT2D eigenvalue weighted by molar-refractivity contribution is 7.93. The number of halogens is 1. The molecular weight excluding hydrogens is 602 g/mol. The van der Waals surface area contributed by atoms with E-state index >= 15 is 0 Å². The average Bonchev–Trinajstić information content (AvgIpc) is 2.97. The molecule has 0 saturated heterocycles. The molecule has 0 spiro atoms. The fourth-order valence-corrected chi connectivity index (χ4v) is 6.51. The second-order valence-electron chi connectivity index (χ2n) is 9.05. The van der Waals surface area contributed by atoms with Crippen LogP contribution >= 0.6 is 11.6 Å². The van der Waals surface area contributed by atoms with Crippen molar-refractivity contribution >= 4 is 54.6 Å². The minimum absolute atomic E-state index is 0.0316. The first-order valence-electron chi connectivity index (χ1n) is 12.4. The largest absolute Gasteiger partial charge is 0.497 e. The predicted molar refractivity (Wildman–Crippen MR) is 163 cm³/mol. The van der Waals surface area contributed by atoms with Crippen molar-refractivity contribution in [1.29, 1.82) is 0 Å². The van der Waals surface area contributed by atoms with E-state index in [0.717, 1.165) is 9.87 Å². The molecule has 0 aliphatic rings. The molecule has 0 unspecified atom stereocenters. The van der Waals surface area contributed by atoms with Gasteiger partial charge in [0.05, 0.1) is 35.4 Å². The summed E-state index contributed by atoms with van der Waals surface area (Å²) in [5.41, 5.74) is 1.71. The molecule has 4 aromatic carbocycles. The molecule has 4 aromatic rings. The van der Waals surface area contributed by atoms with Crippen LogP contribution < -0.4 is 23.8 Å². The minimum atomic E-state index is -4.13. The van der Waals surface area contributed by atoms with Crippen LogP contribution in [0.3, 0.4) is 0 Å². The van der Waals surface area contributed by atoms with Crippen LogP contribution in [0, 0.1) is 6.92 Å². The predicted octanol–water partition coefficient (Wildman–Crippen LogP) is 5.30. The van der Waals surface area contributed by atoms with Crippen molar-refractivity contribution in [3.05, 3.63) is 102 Å². The van der Waals surface area contributed by atoms with E-state index in [0.29, 0.717) is 16.5 Å². The molecule has 2 N–H and O–H groups in total. The van der Waals surface area contributed by atoms with Gasteiger partial charge < -0.3 is 14.8 Å². The maximum absolute atomic E-state index is 13.5. The third kappa shape index (κ3) is 7.14. The van der Waals surface area contributed by atoms with Crippen LogP contribution in [0.25, 0.3) is 0 Å². The number of ether oxygens (including phenoxy) is 2. The van der Waals surface area contributed by atoms with Gasteiger partial charge in [-0.3, -0.25) is 13.8 Å². The lowest BCUT2D eigenvalue weighted by Crippen LogP contribution is -2.38. The lowest BCUT2D eigenvalue weighted by molar-refractivity contribution is -0.114. The molecular formula is C29H28ClN3O7S2. The van der Waals surface area contributed by atoms with Crippen LogP contribution in [-0.2, 0) is 24.8 Å².